The van der Waals surface area contributed by atoms with Gasteiger partial charge in [0.05, 0.1) is 12.1 Å². The minimum Gasteiger partial charge on any atom is -0.394 e. The van der Waals surface area contributed by atoms with Gasteiger partial charge in [-0.05, 0) is 43.5 Å². The largest absolute Gasteiger partial charge is 0.394 e. The summed E-state index contributed by atoms with van der Waals surface area (Å²) in [5.74, 6) is -0.103. The van der Waals surface area contributed by atoms with E-state index >= 15 is 0 Å². The van der Waals surface area contributed by atoms with Crippen LogP contribution in [0.3, 0.4) is 0 Å². The number of carbonyl (C=O) groups is 1. The smallest absolute Gasteiger partial charge is 0.251 e. The molecule has 0 aliphatic heterocycles. The van der Waals surface area contributed by atoms with E-state index < -0.39 is 0 Å². The topological polar surface area (TPSA) is 52.6 Å². The number of benzene rings is 1. The number of anilines is 1. The maximum Gasteiger partial charge on any atom is 0.251 e. The first-order chi connectivity index (χ1) is 8.56. The molecule has 1 saturated carbocycles. The van der Waals surface area contributed by atoms with Gasteiger partial charge in [0.2, 0.25) is 0 Å². The lowest BCUT2D eigenvalue weighted by atomic mass is 9.77. The SMILES string of the molecule is CN(C)c1ccc(C(=O)NC2(CO)CCC2)cc1. The molecule has 1 amide bonds. The van der Waals surface area contributed by atoms with Crippen molar-refractivity contribution < 1.29 is 9.90 Å². The molecule has 0 bridgehead atoms. The summed E-state index contributed by atoms with van der Waals surface area (Å²) in [5, 5.41) is 12.3. The number of aliphatic hydroxyl groups excluding tert-OH is 1. The molecular formula is C14H20N2O2. The van der Waals surface area contributed by atoms with Gasteiger partial charge in [0, 0.05) is 25.3 Å². The first kappa shape index (κ1) is 12.9. The number of hydrogen-bond donors (Lipinski definition) is 2. The van der Waals surface area contributed by atoms with Crippen LogP contribution in [0, 0.1) is 0 Å². The van der Waals surface area contributed by atoms with Crippen LogP contribution in [0.1, 0.15) is 29.6 Å². The van der Waals surface area contributed by atoms with E-state index in [0.29, 0.717) is 5.56 Å². The molecule has 1 fully saturated rings. The molecule has 0 heterocycles. The van der Waals surface area contributed by atoms with Crippen LogP contribution in [0.4, 0.5) is 5.69 Å². The minimum absolute atomic E-state index is 0.0223. The number of aliphatic hydroxyl groups is 1. The first-order valence-corrected chi connectivity index (χ1v) is 6.27. The molecule has 4 nitrogen and oxygen atoms in total. The van der Waals surface area contributed by atoms with E-state index in [1.807, 2.05) is 43.3 Å². The number of nitrogens with one attached hydrogen (secondary N) is 1. The van der Waals surface area contributed by atoms with Gasteiger partial charge in [-0.25, -0.2) is 0 Å². The van der Waals surface area contributed by atoms with Crippen molar-refractivity contribution >= 4 is 11.6 Å². The van der Waals surface area contributed by atoms with E-state index in [4.69, 9.17) is 0 Å². The number of hydrogen-bond acceptors (Lipinski definition) is 3. The Morgan fingerprint density at radius 3 is 2.33 bits per heavy atom. The quantitative estimate of drug-likeness (QED) is 0.847. The predicted octanol–water partition coefficient (Wildman–Crippen LogP) is 1.40. The summed E-state index contributed by atoms with van der Waals surface area (Å²) >= 11 is 0. The molecular weight excluding hydrogens is 228 g/mol. The van der Waals surface area contributed by atoms with E-state index in [1.165, 1.54) is 0 Å². The van der Waals surface area contributed by atoms with Crippen LogP contribution < -0.4 is 10.2 Å². The standard InChI is InChI=1S/C14H20N2O2/c1-16(2)12-6-4-11(5-7-12)13(18)15-14(10-17)8-3-9-14/h4-7,17H,3,8-10H2,1-2H3,(H,15,18). The maximum atomic E-state index is 12.1. The first-order valence-electron chi connectivity index (χ1n) is 6.27. The molecule has 2 N–H and O–H groups in total. The van der Waals surface area contributed by atoms with Crippen molar-refractivity contribution in [2.45, 2.75) is 24.8 Å². The van der Waals surface area contributed by atoms with E-state index in [-0.39, 0.29) is 18.1 Å². The molecule has 0 saturated heterocycles. The number of nitrogens with zero attached hydrogens (tertiary/aromatic N) is 1. The highest BCUT2D eigenvalue weighted by molar-refractivity contribution is 5.95. The maximum absolute atomic E-state index is 12.1. The Morgan fingerprint density at radius 1 is 1.33 bits per heavy atom. The zero-order chi connectivity index (χ0) is 13.2. The zero-order valence-electron chi connectivity index (χ0n) is 10.9. The molecule has 98 valence electrons. The Hall–Kier alpha value is -1.55. The van der Waals surface area contributed by atoms with Gasteiger partial charge >= 0.3 is 0 Å². The van der Waals surface area contributed by atoms with E-state index in [2.05, 4.69) is 5.32 Å². The number of amides is 1. The fourth-order valence-electron chi connectivity index (χ4n) is 2.15. The molecule has 1 aliphatic carbocycles. The van der Waals surface area contributed by atoms with E-state index in [9.17, 15) is 9.90 Å². The van der Waals surface area contributed by atoms with Gasteiger partial charge in [0.25, 0.3) is 5.91 Å². The number of carbonyl (C=O) groups excluding carboxylic acids is 1. The Balaban J connectivity index is 2.05. The molecule has 1 aromatic rings. The predicted molar refractivity (Wildman–Crippen MR) is 71.9 cm³/mol. The van der Waals surface area contributed by atoms with Crippen LogP contribution in [-0.4, -0.2) is 37.3 Å². The third kappa shape index (κ3) is 2.48. The van der Waals surface area contributed by atoms with Crippen molar-refractivity contribution in [3.63, 3.8) is 0 Å². The molecule has 0 atom stereocenters. The Labute approximate surface area is 108 Å². The van der Waals surface area contributed by atoms with Crippen LogP contribution in [0.25, 0.3) is 0 Å². The van der Waals surface area contributed by atoms with Crippen molar-refractivity contribution in [3.05, 3.63) is 29.8 Å². The van der Waals surface area contributed by atoms with Gasteiger partial charge in [-0.15, -0.1) is 0 Å². The Kier molecular flexibility index (Phi) is 3.57. The van der Waals surface area contributed by atoms with Crippen LogP contribution in [0.2, 0.25) is 0 Å². The lowest BCUT2D eigenvalue weighted by Gasteiger charge is -2.40. The molecule has 0 spiro atoms. The summed E-state index contributed by atoms with van der Waals surface area (Å²) in [6, 6.07) is 7.46. The highest BCUT2D eigenvalue weighted by Crippen LogP contribution is 2.31. The van der Waals surface area contributed by atoms with Gasteiger partial charge in [-0.3, -0.25) is 4.79 Å². The molecule has 1 aliphatic rings. The van der Waals surface area contributed by atoms with E-state index in [0.717, 1.165) is 24.9 Å². The van der Waals surface area contributed by atoms with Crippen molar-refractivity contribution in [1.82, 2.24) is 5.32 Å². The summed E-state index contributed by atoms with van der Waals surface area (Å²) in [5.41, 5.74) is 1.32. The molecule has 18 heavy (non-hydrogen) atoms. The average Bonchev–Trinajstić information content (AvgIpc) is 2.33. The van der Waals surface area contributed by atoms with Crippen molar-refractivity contribution in [2.24, 2.45) is 0 Å². The van der Waals surface area contributed by atoms with Crippen molar-refractivity contribution in [1.29, 1.82) is 0 Å². The third-order valence-electron chi connectivity index (χ3n) is 3.64. The molecule has 1 aromatic carbocycles. The zero-order valence-corrected chi connectivity index (χ0v) is 10.9. The fourth-order valence-corrected chi connectivity index (χ4v) is 2.15. The van der Waals surface area contributed by atoms with E-state index in [1.54, 1.807) is 0 Å². The Morgan fingerprint density at radius 2 is 1.94 bits per heavy atom. The van der Waals surface area contributed by atoms with Gasteiger partial charge in [-0.2, -0.15) is 0 Å². The van der Waals surface area contributed by atoms with Crippen LogP contribution in [0.5, 0.6) is 0 Å². The summed E-state index contributed by atoms with van der Waals surface area (Å²) in [4.78, 5) is 14.0. The van der Waals surface area contributed by atoms with Crippen LogP contribution in [0.15, 0.2) is 24.3 Å². The Bertz CT molecular complexity index is 416. The second-order valence-electron chi connectivity index (χ2n) is 5.19. The van der Waals surface area contributed by atoms with Gasteiger partial charge in [0.1, 0.15) is 0 Å². The van der Waals surface area contributed by atoms with Crippen molar-refractivity contribution in [3.8, 4) is 0 Å². The molecule has 0 unspecified atom stereocenters. The summed E-state index contributed by atoms with van der Waals surface area (Å²) in [7, 11) is 3.92. The second-order valence-corrected chi connectivity index (χ2v) is 5.19. The molecule has 0 radical (unpaired) electrons. The number of rotatable bonds is 4. The summed E-state index contributed by atoms with van der Waals surface area (Å²) < 4.78 is 0. The fraction of sp³-hybridized carbons (Fsp3) is 0.500. The van der Waals surface area contributed by atoms with Crippen LogP contribution in [-0.2, 0) is 0 Å². The van der Waals surface area contributed by atoms with Gasteiger partial charge < -0.3 is 15.3 Å². The lowest BCUT2D eigenvalue weighted by Crippen LogP contribution is -2.56. The highest BCUT2D eigenvalue weighted by atomic mass is 16.3. The molecule has 4 heteroatoms. The van der Waals surface area contributed by atoms with Crippen LogP contribution >= 0.6 is 0 Å². The lowest BCUT2D eigenvalue weighted by molar-refractivity contribution is 0.0641. The monoisotopic (exact) mass is 248 g/mol. The minimum atomic E-state index is -0.378. The average molecular weight is 248 g/mol. The highest BCUT2D eigenvalue weighted by Gasteiger charge is 2.37. The van der Waals surface area contributed by atoms with Gasteiger partial charge in [0.15, 0.2) is 0 Å². The molecule has 2 rings (SSSR count). The van der Waals surface area contributed by atoms with Gasteiger partial charge in [-0.1, -0.05) is 0 Å². The third-order valence-corrected chi connectivity index (χ3v) is 3.64. The van der Waals surface area contributed by atoms with Crippen molar-refractivity contribution in [2.75, 3.05) is 25.6 Å². The second kappa shape index (κ2) is 4.98. The normalized spacial score (nSPS) is 16.8. The summed E-state index contributed by atoms with van der Waals surface area (Å²) in [6.45, 7) is 0.0223. The summed E-state index contributed by atoms with van der Waals surface area (Å²) in [6.07, 6.45) is 2.80. The molecule has 0 aromatic heterocycles.